The molecule has 1 heterocycles. The van der Waals surface area contributed by atoms with Crippen LogP contribution in [0.25, 0.3) is 0 Å². The number of hydrogen-bond donors (Lipinski definition) is 1. The second kappa shape index (κ2) is 8.80. The van der Waals surface area contributed by atoms with Crippen LogP contribution in [0.1, 0.15) is 25.3 Å². The van der Waals surface area contributed by atoms with Crippen LogP contribution in [0.2, 0.25) is 0 Å². The number of ether oxygens (including phenoxy) is 1. The predicted octanol–water partition coefficient (Wildman–Crippen LogP) is 3.57. The largest absolute Gasteiger partial charge is 0.490 e. The molecule has 7 heteroatoms. The van der Waals surface area contributed by atoms with E-state index in [2.05, 4.69) is 11.9 Å². The van der Waals surface area contributed by atoms with E-state index in [0.29, 0.717) is 31.0 Å². The molecule has 0 aliphatic carbocycles. The zero-order chi connectivity index (χ0) is 20.9. The first-order chi connectivity index (χ1) is 13.9. The number of carbonyl (C=O) groups excluding carboxylic acids is 1. The fourth-order valence-corrected chi connectivity index (χ4v) is 5.31. The molecule has 0 radical (unpaired) electrons. The van der Waals surface area contributed by atoms with Crippen molar-refractivity contribution in [2.75, 3.05) is 18.5 Å². The minimum Gasteiger partial charge on any atom is -0.490 e. The molecule has 0 aromatic heterocycles. The van der Waals surface area contributed by atoms with Gasteiger partial charge in [0, 0.05) is 18.8 Å². The maximum absolute atomic E-state index is 13.3. The summed E-state index contributed by atoms with van der Waals surface area (Å²) in [6.07, 6.45) is 2.56. The molecule has 0 spiro atoms. The molecule has 29 heavy (non-hydrogen) atoms. The van der Waals surface area contributed by atoms with E-state index in [1.165, 1.54) is 11.2 Å². The van der Waals surface area contributed by atoms with Crippen molar-refractivity contribution in [3.05, 3.63) is 72.8 Å². The quantitative estimate of drug-likeness (QED) is 0.703. The molecular weight excluding hydrogens is 388 g/mol. The number of rotatable bonds is 7. The van der Waals surface area contributed by atoms with Crippen molar-refractivity contribution in [3.8, 4) is 5.75 Å². The van der Waals surface area contributed by atoms with Crippen LogP contribution in [0.4, 0.5) is 5.69 Å². The molecule has 1 atom stereocenters. The standard InChI is InChI=1S/C22H26N2O4S/c1-3-16-28-20-12-10-19(11-13-20)23-21(25)22(2)14-7-15-24(29(22,26)27)17-18-8-5-4-6-9-18/h3-6,8-13H,1,7,14-17H2,2H3,(H,23,25). The van der Waals surface area contributed by atoms with Crippen molar-refractivity contribution < 1.29 is 17.9 Å². The fourth-order valence-electron chi connectivity index (χ4n) is 3.36. The SMILES string of the molecule is C=CCOc1ccc(NC(=O)C2(C)CCCN(Cc3ccccc3)S2(=O)=O)cc1. The van der Waals surface area contributed by atoms with Gasteiger partial charge in [-0.25, -0.2) is 8.42 Å². The Hall–Kier alpha value is -2.64. The van der Waals surface area contributed by atoms with Gasteiger partial charge in [-0.2, -0.15) is 4.31 Å². The third-order valence-electron chi connectivity index (χ3n) is 5.13. The van der Waals surface area contributed by atoms with E-state index in [1.54, 1.807) is 30.3 Å². The van der Waals surface area contributed by atoms with Crippen LogP contribution in [-0.2, 0) is 21.4 Å². The lowest BCUT2D eigenvalue weighted by Gasteiger charge is -2.38. The van der Waals surface area contributed by atoms with Crippen molar-refractivity contribution in [2.45, 2.75) is 31.1 Å². The molecule has 6 nitrogen and oxygen atoms in total. The van der Waals surface area contributed by atoms with E-state index in [0.717, 1.165) is 5.56 Å². The van der Waals surface area contributed by atoms with Gasteiger partial charge in [0.2, 0.25) is 15.9 Å². The zero-order valence-corrected chi connectivity index (χ0v) is 17.3. The van der Waals surface area contributed by atoms with Crippen LogP contribution in [0, 0.1) is 0 Å². The van der Waals surface area contributed by atoms with Gasteiger partial charge in [0.1, 0.15) is 12.4 Å². The van der Waals surface area contributed by atoms with Gasteiger partial charge in [0.25, 0.3) is 0 Å². The summed E-state index contributed by atoms with van der Waals surface area (Å²) in [6.45, 7) is 6.17. The van der Waals surface area contributed by atoms with Gasteiger partial charge in [-0.1, -0.05) is 43.0 Å². The number of amides is 1. The molecule has 1 aliphatic heterocycles. The van der Waals surface area contributed by atoms with E-state index in [-0.39, 0.29) is 13.0 Å². The van der Waals surface area contributed by atoms with Gasteiger partial charge in [-0.05, 0) is 49.6 Å². The van der Waals surface area contributed by atoms with E-state index in [9.17, 15) is 13.2 Å². The first-order valence-electron chi connectivity index (χ1n) is 9.56. The highest BCUT2D eigenvalue weighted by Crippen LogP contribution is 2.34. The maximum Gasteiger partial charge on any atom is 0.246 e. The van der Waals surface area contributed by atoms with Crippen LogP contribution in [0.3, 0.4) is 0 Å². The summed E-state index contributed by atoms with van der Waals surface area (Å²) in [6, 6.07) is 16.2. The molecule has 1 unspecified atom stereocenters. The Balaban J connectivity index is 1.75. The first kappa shape index (κ1) is 21.1. The number of nitrogens with one attached hydrogen (secondary N) is 1. The van der Waals surface area contributed by atoms with E-state index in [4.69, 9.17) is 4.74 Å². The minimum atomic E-state index is -3.82. The fraction of sp³-hybridized carbons (Fsp3) is 0.318. The lowest BCUT2D eigenvalue weighted by Crippen LogP contribution is -2.56. The molecule has 154 valence electrons. The van der Waals surface area contributed by atoms with Crippen LogP contribution < -0.4 is 10.1 Å². The average Bonchev–Trinajstić information content (AvgIpc) is 2.72. The molecule has 1 amide bonds. The second-order valence-corrected chi connectivity index (χ2v) is 9.60. The highest BCUT2D eigenvalue weighted by molar-refractivity contribution is 7.91. The van der Waals surface area contributed by atoms with Crippen LogP contribution >= 0.6 is 0 Å². The summed E-state index contributed by atoms with van der Waals surface area (Å²) in [7, 11) is -3.82. The van der Waals surface area contributed by atoms with Crippen molar-refractivity contribution in [1.82, 2.24) is 4.31 Å². The van der Waals surface area contributed by atoms with E-state index < -0.39 is 20.7 Å². The lowest BCUT2D eigenvalue weighted by molar-refractivity contribution is -0.118. The number of nitrogens with zero attached hydrogens (tertiary/aromatic N) is 1. The Morgan fingerprint density at radius 1 is 1.21 bits per heavy atom. The first-order valence-corrected chi connectivity index (χ1v) is 11.0. The zero-order valence-electron chi connectivity index (χ0n) is 16.5. The molecular formula is C22H26N2O4S. The van der Waals surface area contributed by atoms with Crippen LogP contribution in [-0.4, -0.2) is 36.5 Å². The lowest BCUT2D eigenvalue weighted by atomic mass is 10.0. The molecule has 1 saturated heterocycles. The highest BCUT2D eigenvalue weighted by Gasteiger charge is 2.51. The van der Waals surface area contributed by atoms with Gasteiger partial charge in [0.05, 0.1) is 0 Å². The molecule has 1 aliphatic rings. The van der Waals surface area contributed by atoms with E-state index in [1.807, 2.05) is 30.3 Å². The summed E-state index contributed by atoms with van der Waals surface area (Å²) in [5, 5.41) is 2.76. The molecule has 2 aromatic carbocycles. The number of carbonyl (C=O) groups is 1. The smallest absolute Gasteiger partial charge is 0.246 e. The maximum atomic E-state index is 13.3. The Kier molecular flexibility index (Phi) is 6.39. The Morgan fingerprint density at radius 2 is 1.90 bits per heavy atom. The number of hydrogen-bond acceptors (Lipinski definition) is 4. The van der Waals surface area contributed by atoms with Crippen LogP contribution in [0.5, 0.6) is 5.75 Å². The van der Waals surface area contributed by atoms with Crippen molar-refractivity contribution >= 4 is 21.6 Å². The number of anilines is 1. The topological polar surface area (TPSA) is 75.7 Å². The van der Waals surface area contributed by atoms with Gasteiger partial charge in [-0.15, -0.1) is 0 Å². The van der Waals surface area contributed by atoms with Gasteiger partial charge in [-0.3, -0.25) is 4.79 Å². The molecule has 0 saturated carbocycles. The molecule has 3 rings (SSSR count). The number of benzene rings is 2. The molecule has 0 bridgehead atoms. The van der Waals surface area contributed by atoms with Crippen molar-refractivity contribution in [2.24, 2.45) is 0 Å². The van der Waals surface area contributed by atoms with Gasteiger partial charge in [0.15, 0.2) is 4.75 Å². The van der Waals surface area contributed by atoms with Gasteiger partial charge < -0.3 is 10.1 Å². The average molecular weight is 415 g/mol. The summed E-state index contributed by atoms with van der Waals surface area (Å²) in [5.41, 5.74) is 1.42. The van der Waals surface area contributed by atoms with Crippen molar-refractivity contribution in [3.63, 3.8) is 0 Å². The van der Waals surface area contributed by atoms with E-state index >= 15 is 0 Å². The molecule has 1 fully saturated rings. The van der Waals surface area contributed by atoms with Gasteiger partial charge >= 0.3 is 0 Å². The summed E-state index contributed by atoms with van der Waals surface area (Å²) in [5.74, 6) is 0.128. The minimum absolute atomic E-state index is 0.265. The third-order valence-corrected chi connectivity index (χ3v) is 7.65. The second-order valence-electron chi connectivity index (χ2n) is 7.24. The highest BCUT2D eigenvalue weighted by atomic mass is 32.2. The van der Waals surface area contributed by atoms with Crippen molar-refractivity contribution in [1.29, 1.82) is 0 Å². The van der Waals surface area contributed by atoms with Crippen LogP contribution in [0.15, 0.2) is 67.3 Å². The monoisotopic (exact) mass is 414 g/mol. The summed E-state index contributed by atoms with van der Waals surface area (Å²) >= 11 is 0. The Morgan fingerprint density at radius 3 is 2.55 bits per heavy atom. The predicted molar refractivity (Wildman–Crippen MR) is 114 cm³/mol. The number of sulfonamides is 1. The summed E-state index contributed by atoms with van der Waals surface area (Å²) in [4.78, 5) is 13.0. The normalized spacial score (nSPS) is 21.3. The third kappa shape index (κ3) is 4.52. The molecule has 2 aromatic rings. The molecule has 1 N–H and O–H groups in total. The summed E-state index contributed by atoms with van der Waals surface area (Å²) < 4.78 is 31.9. The Labute approximate surface area is 172 Å². The Bertz CT molecular complexity index is 958.